The van der Waals surface area contributed by atoms with Crippen LogP contribution in [0, 0.1) is 0 Å². The summed E-state index contributed by atoms with van der Waals surface area (Å²) in [5.41, 5.74) is 0.993. The highest BCUT2D eigenvalue weighted by Gasteiger charge is 2.37. The summed E-state index contributed by atoms with van der Waals surface area (Å²) in [5.74, 6) is -1.05. The number of carbonyl (C=O) groups excluding carboxylic acids is 2. The molecule has 0 bridgehead atoms. The lowest BCUT2D eigenvalue weighted by Gasteiger charge is -2.21. The second-order valence-corrected chi connectivity index (χ2v) is 4.72. The molecule has 0 radical (unpaired) electrons. The lowest BCUT2D eigenvalue weighted by molar-refractivity contribution is -0.119. The van der Waals surface area contributed by atoms with Gasteiger partial charge in [0.25, 0.3) is 11.7 Å². The number of methoxy groups -OCH3 is 2. The molecule has 0 N–H and O–H groups in total. The number of nitrogens with zero attached hydrogens (tertiary/aromatic N) is 1. The molecule has 1 aliphatic heterocycles. The van der Waals surface area contributed by atoms with Gasteiger partial charge in [-0.25, -0.2) is 0 Å². The van der Waals surface area contributed by atoms with E-state index < -0.39 is 18.0 Å². The third-order valence-corrected chi connectivity index (χ3v) is 3.29. The van der Waals surface area contributed by atoms with Crippen molar-refractivity contribution >= 4 is 33.3 Å². The minimum Gasteiger partial charge on any atom is -0.354 e. The smallest absolute Gasteiger partial charge is 0.299 e. The highest BCUT2D eigenvalue weighted by Crippen LogP contribution is 2.31. The van der Waals surface area contributed by atoms with Crippen molar-refractivity contribution < 1.29 is 19.1 Å². The minimum atomic E-state index is -0.563. The number of carbonyl (C=O) groups is 2. The molecule has 6 heteroatoms. The number of Topliss-reactive ketones (excluding diaryl/α,β-unsaturated/α-hetero) is 1. The zero-order valence-corrected chi connectivity index (χ0v) is 11.6. The standard InChI is InChI=1S/C12H12BrNO4/c1-17-10(18-2)6-14-9-5-7(13)3-4-8(9)11(15)12(14)16/h3-5,10H,6H2,1-2H3. The Balaban J connectivity index is 2.35. The van der Waals surface area contributed by atoms with Crippen LogP contribution in [0.25, 0.3) is 0 Å². The van der Waals surface area contributed by atoms with Gasteiger partial charge >= 0.3 is 0 Å². The molecule has 1 aliphatic rings. The van der Waals surface area contributed by atoms with Crippen LogP contribution in [0.4, 0.5) is 5.69 Å². The largest absolute Gasteiger partial charge is 0.354 e. The SMILES string of the molecule is COC(CN1C(=O)C(=O)c2ccc(Br)cc21)OC. The Labute approximate surface area is 113 Å². The van der Waals surface area contributed by atoms with Crippen molar-refractivity contribution in [3.05, 3.63) is 28.2 Å². The van der Waals surface area contributed by atoms with Crippen molar-refractivity contribution in [3.63, 3.8) is 0 Å². The van der Waals surface area contributed by atoms with Gasteiger partial charge in [-0.3, -0.25) is 14.5 Å². The first-order valence-electron chi connectivity index (χ1n) is 5.29. The van der Waals surface area contributed by atoms with Crippen molar-refractivity contribution in [3.8, 4) is 0 Å². The maximum atomic E-state index is 11.9. The van der Waals surface area contributed by atoms with Crippen LogP contribution >= 0.6 is 15.9 Å². The molecule has 0 aliphatic carbocycles. The number of hydrogen-bond donors (Lipinski definition) is 0. The highest BCUT2D eigenvalue weighted by molar-refractivity contribution is 9.10. The summed E-state index contributed by atoms with van der Waals surface area (Å²) in [6.45, 7) is 0.182. The molecule has 18 heavy (non-hydrogen) atoms. The summed E-state index contributed by atoms with van der Waals surface area (Å²) in [6, 6.07) is 5.10. The molecular weight excluding hydrogens is 302 g/mol. The van der Waals surface area contributed by atoms with E-state index in [1.165, 1.54) is 19.1 Å². The van der Waals surface area contributed by atoms with Crippen LogP contribution in [0.1, 0.15) is 10.4 Å². The Morgan fingerprint density at radius 3 is 2.56 bits per heavy atom. The molecule has 96 valence electrons. The maximum Gasteiger partial charge on any atom is 0.299 e. The molecule has 1 aromatic carbocycles. The second kappa shape index (κ2) is 5.17. The van der Waals surface area contributed by atoms with E-state index in [9.17, 15) is 9.59 Å². The third-order valence-electron chi connectivity index (χ3n) is 2.79. The summed E-state index contributed by atoms with van der Waals surface area (Å²) >= 11 is 3.32. The zero-order chi connectivity index (χ0) is 13.3. The van der Waals surface area contributed by atoms with E-state index in [0.717, 1.165) is 4.47 Å². The Bertz CT molecular complexity index is 499. The van der Waals surface area contributed by atoms with Crippen LogP contribution in [0.3, 0.4) is 0 Å². The quantitative estimate of drug-likeness (QED) is 0.626. The van der Waals surface area contributed by atoms with Gasteiger partial charge in [-0.05, 0) is 18.2 Å². The van der Waals surface area contributed by atoms with Crippen LogP contribution in [0.5, 0.6) is 0 Å². The zero-order valence-electron chi connectivity index (χ0n) is 9.97. The number of ether oxygens (including phenoxy) is 2. The normalized spacial score (nSPS) is 14.6. The topological polar surface area (TPSA) is 55.8 Å². The Morgan fingerprint density at radius 2 is 1.94 bits per heavy atom. The van der Waals surface area contributed by atoms with Gasteiger partial charge in [-0.1, -0.05) is 15.9 Å². The predicted molar refractivity (Wildman–Crippen MR) is 68.6 cm³/mol. The molecule has 2 rings (SSSR count). The van der Waals surface area contributed by atoms with Crippen molar-refractivity contribution in [2.45, 2.75) is 6.29 Å². The molecule has 1 aromatic rings. The molecule has 1 heterocycles. The average molecular weight is 314 g/mol. The molecule has 1 amide bonds. The van der Waals surface area contributed by atoms with E-state index in [1.807, 2.05) is 0 Å². The fraction of sp³-hybridized carbons (Fsp3) is 0.333. The van der Waals surface area contributed by atoms with Crippen LogP contribution in [0.15, 0.2) is 22.7 Å². The van der Waals surface area contributed by atoms with Crippen LogP contribution in [-0.2, 0) is 14.3 Å². The summed E-state index contributed by atoms with van der Waals surface area (Å²) in [5, 5.41) is 0. The molecule has 0 spiro atoms. The van der Waals surface area contributed by atoms with E-state index in [0.29, 0.717) is 11.3 Å². The van der Waals surface area contributed by atoms with Gasteiger partial charge in [-0.15, -0.1) is 0 Å². The number of benzene rings is 1. The van der Waals surface area contributed by atoms with Gasteiger partial charge in [0.15, 0.2) is 6.29 Å². The lowest BCUT2D eigenvalue weighted by Crippen LogP contribution is -2.38. The number of rotatable bonds is 4. The summed E-state index contributed by atoms with van der Waals surface area (Å²) in [6.07, 6.45) is -0.563. The number of fused-ring (bicyclic) bond motifs is 1. The second-order valence-electron chi connectivity index (χ2n) is 3.81. The molecule has 0 aromatic heterocycles. The first-order valence-corrected chi connectivity index (χ1v) is 6.09. The van der Waals surface area contributed by atoms with Gasteiger partial charge in [-0.2, -0.15) is 0 Å². The number of amides is 1. The van der Waals surface area contributed by atoms with Crippen LogP contribution in [0.2, 0.25) is 0 Å². The lowest BCUT2D eigenvalue weighted by atomic mass is 10.1. The van der Waals surface area contributed by atoms with E-state index in [2.05, 4.69) is 15.9 Å². The highest BCUT2D eigenvalue weighted by atomic mass is 79.9. The molecule has 0 unspecified atom stereocenters. The van der Waals surface area contributed by atoms with Gasteiger partial charge in [0.05, 0.1) is 17.8 Å². The molecule has 5 nitrogen and oxygen atoms in total. The molecule has 0 atom stereocenters. The van der Waals surface area contributed by atoms with Crippen LogP contribution < -0.4 is 4.90 Å². The van der Waals surface area contributed by atoms with Crippen molar-refractivity contribution in [2.75, 3.05) is 25.7 Å². The number of anilines is 1. The van der Waals surface area contributed by atoms with E-state index in [4.69, 9.17) is 9.47 Å². The number of ketones is 1. The first kappa shape index (κ1) is 13.2. The van der Waals surface area contributed by atoms with Gasteiger partial charge in [0.2, 0.25) is 0 Å². The van der Waals surface area contributed by atoms with Crippen molar-refractivity contribution in [1.82, 2.24) is 0 Å². The van der Waals surface area contributed by atoms with Crippen molar-refractivity contribution in [2.24, 2.45) is 0 Å². The number of halogens is 1. The summed E-state index contributed by atoms with van der Waals surface area (Å²) in [7, 11) is 2.97. The summed E-state index contributed by atoms with van der Waals surface area (Å²) < 4.78 is 10.9. The number of hydrogen-bond acceptors (Lipinski definition) is 4. The fourth-order valence-corrected chi connectivity index (χ4v) is 2.19. The van der Waals surface area contributed by atoms with Crippen molar-refractivity contribution in [1.29, 1.82) is 0 Å². The monoisotopic (exact) mass is 313 g/mol. The van der Waals surface area contributed by atoms with Crippen LogP contribution in [-0.4, -0.2) is 38.7 Å². The van der Waals surface area contributed by atoms with E-state index >= 15 is 0 Å². The predicted octanol–water partition coefficient (Wildman–Crippen LogP) is 1.60. The molecule has 0 saturated heterocycles. The van der Waals surface area contributed by atoms with E-state index in [1.54, 1.807) is 18.2 Å². The third kappa shape index (κ3) is 2.19. The van der Waals surface area contributed by atoms with Gasteiger partial charge in [0, 0.05) is 18.7 Å². The maximum absolute atomic E-state index is 11.9. The van der Waals surface area contributed by atoms with Gasteiger partial charge < -0.3 is 9.47 Å². The molecule has 0 fully saturated rings. The Hall–Kier alpha value is -1.24. The van der Waals surface area contributed by atoms with Gasteiger partial charge in [0.1, 0.15) is 0 Å². The first-order chi connectivity index (χ1) is 8.58. The minimum absolute atomic E-state index is 0.182. The average Bonchev–Trinajstić information content (AvgIpc) is 2.60. The Morgan fingerprint density at radius 1 is 1.28 bits per heavy atom. The Kier molecular flexibility index (Phi) is 3.79. The summed E-state index contributed by atoms with van der Waals surface area (Å²) in [4.78, 5) is 25.1. The molecular formula is C12H12BrNO4. The van der Waals surface area contributed by atoms with E-state index in [-0.39, 0.29) is 6.54 Å². The molecule has 0 saturated carbocycles. The fourth-order valence-electron chi connectivity index (χ4n) is 1.84.